The van der Waals surface area contributed by atoms with Gasteiger partial charge in [0.1, 0.15) is 16.2 Å². The highest BCUT2D eigenvalue weighted by Crippen LogP contribution is 2.57. The zero-order valence-corrected chi connectivity index (χ0v) is 21.3. The van der Waals surface area contributed by atoms with Crippen molar-refractivity contribution in [3.8, 4) is 0 Å². The summed E-state index contributed by atoms with van der Waals surface area (Å²) in [7, 11) is -7.41. The first-order chi connectivity index (χ1) is 16.2. The topological polar surface area (TPSA) is 148 Å². The molecule has 0 radical (unpaired) electrons. The van der Waals surface area contributed by atoms with Crippen molar-refractivity contribution >= 4 is 49.6 Å². The Morgan fingerprint density at radius 2 is 1.89 bits per heavy atom. The summed E-state index contributed by atoms with van der Waals surface area (Å²) in [6, 6.07) is 11.2. The third-order valence-corrected chi connectivity index (χ3v) is 7.92. The van der Waals surface area contributed by atoms with E-state index < -0.39 is 32.0 Å². The monoisotopic (exact) mass is 517 g/mol. The molecular weight excluding hydrogens is 490 g/mol. The molecule has 2 aromatic carbocycles. The van der Waals surface area contributed by atoms with Crippen LogP contribution in [0.15, 0.2) is 69.0 Å². The van der Waals surface area contributed by atoms with E-state index in [1.165, 1.54) is 18.2 Å². The van der Waals surface area contributed by atoms with Gasteiger partial charge in [-0.1, -0.05) is 46.7 Å². The Bertz CT molecular complexity index is 1440. The number of hydrogen-bond acceptors (Lipinski definition) is 8. The fourth-order valence-corrected chi connectivity index (χ4v) is 5.95. The second-order valence-electron chi connectivity index (χ2n) is 9.08. The Hall–Kier alpha value is -3.12. The van der Waals surface area contributed by atoms with Gasteiger partial charge in [-0.2, -0.15) is 0 Å². The minimum atomic E-state index is -3.82. The molecule has 0 amide bonds. The van der Waals surface area contributed by atoms with Gasteiger partial charge in [-0.05, 0) is 51.0 Å². The minimum absolute atomic E-state index is 0.0362. The zero-order chi connectivity index (χ0) is 25.8. The SMILES string of the molecule is CC(C)=CC[C@]1(C)C(=O)C(C2=NS(O)(O)c3cc(NS(C)(=O)=O)ccc3N2)=C(O)c2ccccc21. The number of hydrogen-bond donors (Lipinski definition) is 5. The van der Waals surface area contributed by atoms with Crippen LogP contribution >= 0.6 is 10.8 Å². The van der Waals surface area contributed by atoms with Gasteiger partial charge in [0.2, 0.25) is 10.0 Å². The molecular formula is C24H27N3O6S2. The van der Waals surface area contributed by atoms with Gasteiger partial charge in [0.15, 0.2) is 11.6 Å². The van der Waals surface area contributed by atoms with Crippen LogP contribution in [0.4, 0.5) is 11.4 Å². The minimum Gasteiger partial charge on any atom is -0.506 e. The molecule has 2 aliphatic rings. The third kappa shape index (κ3) is 4.59. The lowest BCUT2D eigenvalue weighted by atomic mass is 9.67. The number of nitrogens with zero attached hydrogens (tertiary/aromatic N) is 1. The summed E-state index contributed by atoms with van der Waals surface area (Å²) in [6.45, 7) is 5.66. The standard InChI is InChI=1S/C24H27N3O6S2/c1-14(2)11-12-24(3)17-8-6-5-7-16(17)21(28)20(22(24)29)23-25-18-10-9-15(26-34(4,30)31)13-19(18)35(32,33)27-23/h5-11,13,26,28,32-33H,12H2,1-4H3,(H,25,27)/t24-/m0/s1. The molecule has 0 spiro atoms. The number of aliphatic hydroxyl groups is 1. The predicted molar refractivity (Wildman–Crippen MR) is 139 cm³/mol. The number of Topliss-reactive ketones (excluding diaryl/α,β-unsaturated/α-hetero) is 1. The number of aliphatic hydroxyl groups excluding tert-OH is 1. The lowest BCUT2D eigenvalue weighted by molar-refractivity contribution is -0.120. The first kappa shape index (κ1) is 25.0. The first-order valence-corrected chi connectivity index (χ1v) is 14.1. The van der Waals surface area contributed by atoms with Gasteiger partial charge >= 0.3 is 0 Å². The Morgan fingerprint density at radius 1 is 1.20 bits per heavy atom. The highest BCUT2D eigenvalue weighted by atomic mass is 32.3. The van der Waals surface area contributed by atoms with Crippen LogP contribution in [0.25, 0.3) is 5.76 Å². The lowest BCUT2D eigenvalue weighted by Crippen LogP contribution is -2.42. The maximum Gasteiger partial charge on any atom is 0.229 e. The number of fused-ring (bicyclic) bond motifs is 2. The van der Waals surface area contributed by atoms with Crippen molar-refractivity contribution in [2.24, 2.45) is 4.40 Å². The maximum atomic E-state index is 13.9. The smallest absolute Gasteiger partial charge is 0.229 e. The summed E-state index contributed by atoms with van der Waals surface area (Å²) in [5.74, 6) is -0.881. The van der Waals surface area contributed by atoms with Gasteiger partial charge in [-0.25, -0.2) is 8.42 Å². The van der Waals surface area contributed by atoms with Crippen LogP contribution < -0.4 is 10.0 Å². The van der Waals surface area contributed by atoms with Crippen molar-refractivity contribution < 1.29 is 27.4 Å². The molecule has 0 bridgehead atoms. The first-order valence-electron chi connectivity index (χ1n) is 10.7. The van der Waals surface area contributed by atoms with Crippen molar-refractivity contribution in [2.45, 2.75) is 37.5 Å². The molecule has 1 atom stereocenters. The van der Waals surface area contributed by atoms with Crippen LogP contribution in [0.5, 0.6) is 0 Å². The van der Waals surface area contributed by atoms with E-state index >= 15 is 0 Å². The third-order valence-electron chi connectivity index (χ3n) is 5.95. The summed E-state index contributed by atoms with van der Waals surface area (Å²) < 4.78 is 51.1. The van der Waals surface area contributed by atoms with E-state index in [0.717, 1.165) is 11.8 Å². The molecule has 35 heavy (non-hydrogen) atoms. The maximum absolute atomic E-state index is 13.9. The fourth-order valence-electron chi connectivity index (χ4n) is 4.21. The van der Waals surface area contributed by atoms with E-state index in [1.807, 2.05) is 19.9 Å². The highest BCUT2D eigenvalue weighted by Gasteiger charge is 2.46. The van der Waals surface area contributed by atoms with Gasteiger partial charge in [0, 0.05) is 5.56 Å². The number of rotatable bonds is 5. The number of ketones is 1. The number of sulfonamides is 1. The Kier molecular flexibility index (Phi) is 6.08. The average molecular weight is 518 g/mol. The van der Waals surface area contributed by atoms with E-state index in [2.05, 4.69) is 14.4 Å². The number of benzene rings is 2. The zero-order valence-electron chi connectivity index (χ0n) is 19.7. The molecule has 1 aliphatic carbocycles. The molecule has 0 aromatic heterocycles. The largest absolute Gasteiger partial charge is 0.506 e. The molecule has 4 rings (SSSR count). The van der Waals surface area contributed by atoms with E-state index in [1.54, 1.807) is 31.2 Å². The molecule has 0 saturated heterocycles. The van der Waals surface area contributed by atoms with Gasteiger partial charge in [-0.15, -0.1) is 4.40 Å². The Morgan fingerprint density at radius 3 is 2.54 bits per heavy atom. The normalized spacial score (nSPS) is 21.8. The number of nitrogens with one attached hydrogen (secondary N) is 2. The summed E-state index contributed by atoms with van der Waals surface area (Å²) >= 11 is 0. The van der Waals surface area contributed by atoms with Crippen LogP contribution in [0.1, 0.15) is 38.3 Å². The molecule has 186 valence electrons. The van der Waals surface area contributed by atoms with Gasteiger partial charge in [-0.3, -0.25) is 18.6 Å². The van der Waals surface area contributed by atoms with Crippen molar-refractivity contribution in [3.05, 3.63) is 70.8 Å². The highest BCUT2D eigenvalue weighted by molar-refractivity contribution is 8.23. The van der Waals surface area contributed by atoms with Crippen molar-refractivity contribution in [1.29, 1.82) is 0 Å². The van der Waals surface area contributed by atoms with Crippen LogP contribution in [0.2, 0.25) is 0 Å². The quantitative estimate of drug-likeness (QED) is 0.348. The predicted octanol–water partition coefficient (Wildman–Crippen LogP) is 5.07. The summed E-state index contributed by atoms with van der Waals surface area (Å²) in [5, 5.41) is 14.1. The van der Waals surface area contributed by atoms with Crippen molar-refractivity contribution in [1.82, 2.24) is 0 Å². The summed E-state index contributed by atoms with van der Waals surface area (Å²) in [5.41, 5.74) is 1.36. The molecule has 0 unspecified atom stereocenters. The average Bonchev–Trinajstić information content (AvgIpc) is 2.76. The molecule has 2 aromatic rings. The van der Waals surface area contributed by atoms with Gasteiger partial charge < -0.3 is 10.4 Å². The summed E-state index contributed by atoms with van der Waals surface area (Å²) in [6.07, 6.45) is 3.31. The van der Waals surface area contributed by atoms with Gasteiger partial charge in [0.25, 0.3) is 0 Å². The fraction of sp³-hybridized carbons (Fsp3) is 0.250. The molecule has 9 nitrogen and oxygen atoms in total. The lowest BCUT2D eigenvalue weighted by Gasteiger charge is -2.38. The van der Waals surface area contributed by atoms with E-state index in [4.69, 9.17) is 0 Å². The van der Waals surface area contributed by atoms with Crippen LogP contribution in [-0.2, 0) is 20.2 Å². The second-order valence-corrected chi connectivity index (χ2v) is 12.5. The second kappa shape index (κ2) is 8.52. The number of carbonyl (C=O) groups excluding carboxylic acids is 1. The van der Waals surface area contributed by atoms with E-state index in [9.17, 15) is 27.4 Å². The molecule has 1 aliphatic heterocycles. The summed E-state index contributed by atoms with van der Waals surface area (Å²) in [4.78, 5) is 13.8. The van der Waals surface area contributed by atoms with E-state index in [-0.39, 0.29) is 33.4 Å². The number of allylic oxidation sites excluding steroid dienone is 2. The molecule has 1 heterocycles. The van der Waals surface area contributed by atoms with E-state index in [0.29, 0.717) is 17.5 Å². The van der Waals surface area contributed by atoms with Gasteiger partial charge in [0.05, 0.1) is 23.0 Å². The van der Waals surface area contributed by atoms with Crippen LogP contribution in [-0.4, -0.2) is 40.5 Å². The molecule has 0 fully saturated rings. The molecule has 0 saturated carbocycles. The number of carbonyl (C=O) groups is 1. The van der Waals surface area contributed by atoms with Crippen LogP contribution in [0.3, 0.4) is 0 Å². The Balaban J connectivity index is 1.85. The number of anilines is 2. The number of amidine groups is 1. The van der Waals surface area contributed by atoms with Crippen LogP contribution in [0, 0.1) is 0 Å². The van der Waals surface area contributed by atoms with Crippen molar-refractivity contribution in [2.75, 3.05) is 16.3 Å². The molecule has 11 heteroatoms. The Labute approximate surface area is 205 Å². The molecule has 5 N–H and O–H groups in total. The van der Waals surface area contributed by atoms with Crippen molar-refractivity contribution in [3.63, 3.8) is 0 Å².